The molecule has 0 bridgehead atoms. The fourth-order valence-corrected chi connectivity index (χ4v) is 4.07. The molecule has 4 heteroatoms. The number of hydrogen-bond donors (Lipinski definition) is 2. The predicted octanol–water partition coefficient (Wildman–Crippen LogP) is 4.52. The van der Waals surface area contributed by atoms with Gasteiger partial charge >= 0.3 is 0 Å². The Balaban J connectivity index is 2.44. The van der Waals surface area contributed by atoms with Gasteiger partial charge in [-0.1, -0.05) is 57.3 Å². The van der Waals surface area contributed by atoms with Crippen molar-refractivity contribution >= 4 is 0 Å². The van der Waals surface area contributed by atoms with E-state index in [1.54, 1.807) is 7.11 Å². The molecule has 0 heterocycles. The van der Waals surface area contributed by atoms with Crippen molar-refractivity contribution in [3.8, 4) is 0 Å². The van der Waals surface area contributed by atoms with Crippen LogP contribution in [-0.2, 0) is 4.74 Å². The summed E-state index contributed by atoms with van der Waals surface area (Å²) in [5, 5.41) is 20.7. The number of nitrogens with zero attached hydrogens (tertiary/aromatic N) is 1. The summed E-state index contributed by atoms with van der Waals surface area (Å²) in [6, 6.07) is 0. The summed E-state index contributed by atoms with van der Waals surface area (Å²) in [7, 11) is 5.81. The normalized spacial score (nSPS) is 27.0. The predicted molar refractivity (Wildman–Crippen MR) is 114 cm³/mol. The summed E-state index contributed by atoms with van der Waals surface area (Å²) in [4.78, 5) is 2.06. The number of unbranched alkanes of at least 4 members (excludes halogenated alkanes) is 5. The van der Waals surface area contributed by atoms with Crippen molar-refractivity contribution in [3.63, 3.8) is 0 Å². The van der Waals surface area contributed by atoms with E-state index in [0.29, 0.717) is 6.42 Å². The van der Waals surface area contributed by atoms with Crippen molar-refractivity contribution in [2.24, 2.45) is 11.8 Å². The van der Waals surface area contributed by atoms with E-state index >= 15 is 0 Å². The second-order valence-corrected chi connectivity index (χ2v) is 8.25. The highest BCUT2D eigenvalue weighted by atomic mass is 16.5. The van der Waals surface area contributed by atoms with Gasteiger partial charge in [-0.25, -0.2) is 0 Å². The van der Waals surface area contributed by atoms with Crippen LogP contribution >= 0.6 is 0 Å². The van der Waals surface area contributed by atoms with Gasteiger partial charge in [-0.05, 0) is 37.8 Å². The third kappa shape index (κ3) is 9.77. The molecule has 0 aromatic heterocycles. The van der Waals surface area contributed by atoms with Gasteiger partial charge in [-0.15, -0.1) is 0 Å². The van der Waals surface area contributed by atoms with Crippen LogP contribution in [0.25, 0.3) is 0 Å². The van der Waals surface area contributed by atoms with Crippen LogP contribution in [0.3, 0.4) is 0 Å². The van der Waals surface area contributed by atoms with E-state index in [9.17, 15) is 10.2 Å². The first-order valence-corrected chi connectivity index (χ1v) is 10.9. The molecule has 0 aliphatic heterocycles. The zero-order valence-electron chi connectivity index (χ0n) is 18.0. The monoisotopic (exact) mass is 381 g/mol. The Labute approximate surface area is 167 Å². The summed E-state index contributed by atoms with van der Waals surface area (Å²) < 4.78 is 5.63. The average Bonchev–Trinajstić information content (AvgIpc) is 2.94. The summed E-state index contributed by atoms with van der Waals surface area (Å²) in [6.07, 6.45) is 18.3. The molecule has 1 rings (SSSR count). The topological polar surface area (TPSA) is 52.9 Å². The Morgan fingerprint density at radius 2 is 1.93 bits per heavy atom. The Bertz CT molecular complexity index is 422. The first kappa shape index (κ1) is 24.2. The number of ether oxygens (including phenoxy) is 1. The minimum Gasteiger partial charge on any atom is -0.393 e. The number of aliphatic hydroxyl groups is 2. The molecule has 1 aliphatic carbocycles. The Morgan fingerprint density at radius 3 is 2.59 bits per heavy atom. The molecule has 0 aromatic carbocycles. The molecule has 0 spiro atoms. The van der Waals surface area contributed by atoms with Gasteiger partial charge in [0.2, 0.25) is 0 Å². The van der Waals surface area contributed by atoms with E-state index < -0.39 is 0 Å². The summed E-state index contributed by atoms with van der Waals surface area (Å²) in [5.41, 5.74) is 0. The Hall–Kier alpha value is -0.840. The van der Waals surface area contributed by atoms with Gasteiger partial charge in [0.05, 0.1) is 18.3 Å². The van der Waals surface area contributed by atoms with E-state index in [1.165, 1.54) is 25.7 Å². The molecule has 1 fully saturated rings. The van der Waals surface area contributed by atoms with Crippen LogP contribution in [0.15, 0.2) is 24.4 Å². The molecule has 158 valence electrons. The minimum atomic E-state index is -0.379. The maximum absolute atomic E-state index is 10.5. The highest BCUT2D eigenvalue weighted by Crippen LogP contribution is 2.38. The smallest absolute Gasteiger partial charge is 0.0721 e. The zero-order valence-corrected chi connectivity index (χ0v) is 18.0. The number of methoxy groups -OCH3 is 1. The van der Waals surface area contributed by atoms with Crippen LogP contribution in [0.1, 0.15) is 71.1 Å². The molecule has 4 nitrogen and oxygen atoms in total. The molecule has 1 aliphatic rings. The second kappa shape index (κ2) is 14.2. The molecule has 2 N–H and O–H groups in total. The maximum atomic E-state index is 10.5. The fourth-order valence-electron chi connectivity index (χ4n) is 4.07. The second-order valence-electron chi connectivity index (χ2n) is 8.25. The summed E-state index contributed by atoms with van der Waals surface area (Å²) in [5.74, 6) is 0.450. The van der Waals surface area contributed by atoms with Crippen molar-refractivity contribution in [1.82, 2.24) is 4.90 Å². The first-order valence-electron chi connectivity index (χ1n) is 10.9. The van der Waals surface area contributed by atoms with Gasteiger partial charge in [0, 0.05) is 33.5 Å². The highest BCUT2D eigenvalue weighted by molar-refractivity contribution is 5.04. The van der Waals surface area contributed by atoms with Crippen LogP contribution in [0.4, 0.5) is 0 Å². The van der Waals surface area contributed by atoms with E-state index in [0.717, 1.165) is 32.1 Å². The molecule has 1 saturated carbocycles. The van der Waals surface area contributed by atoms with Gasteiger partial charge < -0.3 is 19.8 Å². The highest BCUT2D eigenvalue weighted by Gasteiger charge is 2.40. The lowest BCUT2D eigenvalue weighted by Gasteiger charge is -2.22. The number of aliphatic hydroxyl groups excluding tert-OH is 2. The fraction of sp³-hybridized carbons (Fsp3) is 0.826. The number of rotatable bonds is 14. The molecular formula is C23H43NO3. The van der Waals surface area contributed by atoms with Gasteiger partial charge in [0.15, 0.2) is 0 Å². The van der Waals surface area contributed by atoms with Crippen LogP contribution in [0.2, 0.25) is 0 Å². The van der Waals surface area contributed by atoms with E-state index in [2.05, 4.69) is 30.2 Å². The van der Waals surface area contributed by atoms with Crippen molar-refractivity contribution in [3.05, 3.63) is 24.4 Å². The number of hydrogen-bond acceptors (Lipinski definition) is 4. The molecule has 5 atom stereocenters. The lowest BCUT2D eigenvalue weighted by molar-refractivity contribution is 0.0744. The summed E-state index contributed by atoms with van der Waals surface area (Å²) >= 11 is 0. The number of allylic oxidation sites excluding steroid dienone is 1. The quantitative estimate of drug-likeness (QED) is 0.343. The largest absolute Gasteiger partial charge is 0.393 e. The van der Waals surface area contributed by atoms with Gasteiger partial charge in [-0.2, -0.15) is 0 Å². The molecule has 0 aromatic rings. The molecular weight excluding hydrogens is 338 g/mol. The van der Waals surface area contributed by atoms with Crippen molar-refractivity contribution < 1.29 is 14.9 Å². The van der Waals surface area contributed by atoms with Crippen molar-refractivity contribution in [2.75, 3.05) is 21.2 Å². The van der Waals surface area contributed by atoms with Gasteiger partial charge in [-0.3, -0.25) is 0 Å². The minimum absolute atomic E-state index is 0.0621. The van der Waals surface area contributed by atoms with Crippen LogP contribution in [0, 0.1) is 11.8 Å². The molecule has 0 saturated heterocycles. The SMILES string of the molecule is CCCCCC(O)/C=C/C1C(OC)CC(O)C1CCCCCC=CN(C)C. The van der Waals surface area contributed by atoms with Crippen LogP contribution < -0.4 is 0 Å². The van der Waals surface area contributed by atoms with Gasteiger partial charge in [0.25, 0.3) is 0 Å². The third-order valence-electron chi connectivity index (χ3n) is 5.67. The van der Waals surface area contributed by atoms with E-state index in [4.69, 9.17) is 4.74 Å². The zero-order chi connectivity index (χ0) is 20.1. The standard InChI is InChI=1S/C23H43NO3/c1-5-6-10-13-19(25)15-16-21-20(22(26)18-23(21)27-4)14-11-8-7-9-12-17-24(2)3/h12,15-17,19-23,25-26H,5-11,13-14,18H2,1-4H3/b16-15+,17-12?. The van der Waals surface area contributed by atoms with E-state index in [1.807, 2.05) is 20.2 Å². The van der Waals surface area contributed by atoms with Crippen LogP contribution in [0.5, 0.6) is 0 Å². The first-order chi connectivity index (χ1) is 13.0. The molecule has 0 amide bonds. The summed E-state index contributed by atoms with van der Waals surface area (Å²) in [6.45, 7) is 2.18. The maximum Gasteiger partial charge on any atom is 0.0721 e. The Kier molecular flexibility index (Phi) is 12.7. The average molecular weight is 382 g/mol. The molecule has 5 unspecified atom stereocenters. The van der Waals surface area contributed by atoms with Gasteiger partial charge in [0.1, 0.15) is 0 Å². The lowest BCUT2D eigenvalue weighted by Crippen LogP contribution is -2.22. The van der Waals surface area contributed by atoms with Crippen LogP contribution in [-0.4, -0.2) is 54.6 Å². The van der Waals surface area contributed by atoms with Crippen molar-refractivity contribution in [1.29, 1.82) is 0 Å². The Morgan fingerprint density at radius 1 is 1.15 bits per heavy atom. The van der Waals surface area contributed by atoms with Crippen molar-refractivity contribution in [2.45, 2.75) is 89.4 Å². The molecule has 27 heavy (non-hydrogen) atoms. The third-order valence-corrected chi connectivity index (χ3v) is 5.67. The lowest BCUT2D eigenvalue weighted by atomic mass is 9.87. The molecule has 0 radical (unpaired) electrons. The van der Waals surface area contributed by atoms with E-state index in [-0.39, 0.29) is 30.1 Å².